The minimum Gasteiger partial charge on any atom is -0.496 e. The van der Waals surface area contributed by atoms with Crippen LogP contribution >= 0.6 is 12.4 Å². The van der Waals surface area contributed by atoms with Crippen molar-refractivity contribution >= 4 is 12.4 Å². The highest BCUT2D eigenvalue weighted by Crippen LogP contribution is 2.22. The fraction of sp³-hybridized carbons (Fsp3) is 0.550. The number of nitrogens with zero attached hydrogens (tertiary/aromatic N) is 4. The summed E-state index contributed by atoms with van der Waals surface area (Å²) < 4.78 is 7.71. The first kappa shape index (κ1) is 20.7. The molecule has 1 aliphatic rings. The lowest BCUT2D eigenvalue weighted by Gasteiger charge is -2.32. The number of likely N-dealkylation sites (N-methyl/N-ethyl adjacent to an activating group) is 1. The topological polar surface area (TPSA) is 33.5 Å². The van der Waals surface area contributed by atoms with Crippen molar-refractivity contribution in [3.63, 3.8) is 0 Å². The van der Waals surface area contributed by atoms with Gasteiger partial charge in [-0.2, -0.15) is 0 Å². The number of rotatable bonds is 7. The molecule has 26 heavy (non-hydrogen) atoms. The summed E-state index contributed by atoms with van der Waals surface area (Å²) in [6.07, 6.45) is 6.20. The number of ether oxygens (including phenoxy) is 1. The molecule has 0 amide bonds. The molecule has 0 N–H and O–H groups in total. The average molecular weight is 379 g/mol. The molecule has 0 radical (unpaired) electrons. The van der Waals surface area contributed by atoms with Gasteiger partial charge in [0.2, 0.25) is 0 Å². The van der Waals surface area contributed by atoms with E-state index in [2.05, 4.69) is 44.6 Å². The van der Waals surface area contributed by atoms with Crippen LogP contribution in [0, 0.1) is 6.92 Å². The second-order valence-electron chi connectivity index (χ2n) is 7.00. The van der Waals surface area contributed by atoms with E-state index in [0.29, 0.717) is 0 Å². The zero-order valence-corrected chi connectivity index (χ0v) is 17.0. The maximum atomic E-state index is 5.55. The normalized spacial score (nSPS) is 15.7. The molecule has 6 heteroatoms. The van der Waals surface area contributed by atoms with Crippen LogP contribution in [0.1, 0.15) is 23.4 Å². The highest BCUT2D eigenvalue weighted by molar-refractivity contribution is 5.85. The first-order valence-corrected chi connectivity index (χ1v) is 9.20. The highest BCUT2D eigenvalue weighted by Gasteiger charge is 2.13. The fourth-order valence-electron chi connectivity index (χ4n) is 3.44. The smallest absolute Gasteiger partial charge is 0.123 e. The molecule has 3 rings (SSSR count). The molecular formula is C20H31ClN4O. The third-order valence-corrected chi connectivity index (χ3v) is 5.14. The molecule has 0 saturated carbocycles. The molecule has 5 nitrogen and oxygen atoms in total. The summed E-state index contributed by atoms with van der Waals surface area (Å²) in [7, 11) is 3.95. The zero-order chi connectivity index (χ0) is 17.6. The van der Waals surface area contributed by atoms with E-state index in [0.717, 1.165) is 24.5 Å². The lowest BCUT2D eigenvalue weighted by Crippen LogP contribution is -2.44. The van der Waals surface area contributed by atoms with Crippen LogP contribution < -0.4 is 4.74 Å². The summed E-state index contributed by atoms with van der Waals surface area (Å²) in [5.74, 6) is 1.98. The summed E-state index contributed by atoms with van der Waals surface area (Å²) >= 11 is 0. The number of piperazine rings is 1. The largest absolute Gasteiger partial charge is 0.496 e. The van der Waals surface area contributed by atoms with Crippen molar-refractivity contribution in [3.8, 4) is 5.75 Å². The Bertz CT molecular complexity index is 680. The van der Waals surface area contributed by atoms with Gasteiger partial charge in [0.15, 0.2) is 0 Å². The number of imidazole rings is 1. The predicted molar refractivity (Wildman–Crippen MR) is 109 cm³/mol. The van der Waals surface area contributed by atoms with Gasteiger partial charge >= 0.3 is 0 Å². The molecule has 0 bridgehead atoms. The number of aromatic nitrogens is 2. The first-order chi connectivity index (χ1) is 12.2. The van der Waals surface area contributed by atoms with Crippen molar-refractivity contribution in [1.82, 2.24) is 19.4 Å². The van der Waals surface area contributed by atoms with E-state index in [9.17, 15) is 0 Å². The fourth-order valence-corrected chi connectivity index (χ4v) is 3.44. The number of hydrogen-bond donors (Lipinski definition) is 0. The van der Waals surface area contributed by atoms with Gasteiger partial charge in [-0.3, -0.25) is 0 Å². The van der Waals surface area contributed by atoms with Crippen molar-refractivity contribution in [3.05, 3.63) is 47.5 Å². The van der Waals surface area contributed by atoms with E-state index in [1.54, 1.807) is 7.11 Å². The molecular weight excluding hydrogens is 348 g/mol. The maximum Gasteiger partial charge on any atom is 0.123 e. The third kappa shape index (κ3) is 5.47. The van der Waals surface area contributed by atoms with Crippen LogP contribution in [0.4, 0.5) is 0 Å². The first-order valence-electron chi connectivity index (χ1n) is 9.20. The molecule has 144 valence electrons. The number of aryl methyl sites for hydroxylation is 2. The second-order valence-corrected chi connectivity index (χ2v) is 7.00. The van der Waals surface area contributed by atoms with E-state index < -0.39 is 0 Å². The van der Waals surface area contributed by atoms with Crippen molar-refractivity contribution in [2.24, 2.45) is 0 Å². The number of hydrogen-bond acceptors (Lipinski definition) is 4. The van der Waals surface area contributed by atoms with Crippen LogP contribution in [0.2, 0.25) is 0 Å². The van der Waals surface area contributed by atoms with Gasteiger partial charge in [0.1, 0.15) is 11.6 Å². The Morgan fingerprint density at radius 1 is 1.15 bits per heavy atom. The lowest BCUT2D eigenvalue weighted by atomic mass is 10.0. The third-order valence-electron chi connectivity index (χ3n) is 5.14. The minimum atomic E-state index is 0. The van der Waals surface area contributed by atoms with Crippen molar-refractivity contribution in [1.29, 1.82) is 0 Å². The van der Waals surface area contributed by atoms with Gasteiger partial charge < -0.3 is 19.1 Å². The summed E-state index contributed by atoms with van der Waals surface area (Å²) in [6, 6.07) is 6.60. The molecule has 1 saturated heterocycles. The molecule has 1 fully saturated rings. The molecule has 2 aromatic rings. The monoisotopic (exact) mass is 378 g/mol. The lowest BCUT2D eigenvalue weighted by molar-refractivity contribution is 0.153. The summed E-state index contributed by atoms with van der Waals surface area (Å²) in [6.45, 7) is 8.81. The van der Waals surface area contributed by atoms with Crippen LogP contribution in [0.15, 0.2) is 30.6 Å². The number of benzene rings is 1. The van der Waals surface area contributed by atoms with E-state index in [-0.39, 0.29) is 12.4 Å². The minimum absolute atomic E-state index is 0. The van der Waals surface area contributed by atoms with Gasteiger partial charge in [-0.05, 0) is 45.0 Å². The quantitative estimate of drug-likeness (QED) is 0.741. The Morgan fingerprint density at radius 3 is 2.58 bits per heavy atom. The maximum absolute atomic E-state index is 5.55. The van der Waals surface area contributed by atoms with Crippen LogP contribution in [0.25, 0.3) is 0 Å². The van der Waals surface area contributed by atoms with Crippen molar-refractivity contribution < 1.29 is 4.74 Å². The Kier molecular flexibility index (Phi) is 7.94. The molecule has 0 spiro atoms. The number of halogens is 1. The van der Waals surface area contributed by atoms with E-state index >= 15 is 0 Å². The van der Waals surface area contributed by atoms with Gasteiger partial charge in [0.05, 0.1) is 13.7 Å². The van der Waals surface area contributed by atoms with Crippen LogP contribution in [-0.4, -0.2) is 66.2 Å². The molecule has 1 aliphatic heterocycles. The Hall–Kier alpha value is -1.56. The van der Waals surface area contributed by atoms with E-state index in [1.807, 2.05) is 19.3 Å². The molecule has 1 aromatic heterocycles. The van der Waals surface area contributed by atoms with Crippen LogP contribution in [-0.2, 0) is 13.0 Å². The van der Waals surface area contributed by atoms with E-state index in [1.165, 1.54) is 50.3 Å². The summed E-state index contributed by atoms with van der Waals surface area (Å²) in [5.41, 5.74) is 2.61. The number of methoxy groups -OCH3 is 1. The SMILES string of the molecule is COc1ccc(CCCN2CCN(C)CC2)cc1Cn1ccnc1C.Cl. The highest BCUT2D eigenvalue weighted by atomic mass is 35.5. The van der Waals surface area contributed by atoms with Gasteiger partial charge in [-0.1, -0.05) is 12.1 Å². The van der Waals surface area contributed by atoms with Gasteiger partial charge in [0, 0.05) is 44.1 Å². The van der Waals surface area contributed by atoms with Gasteiger partial charge in [-0.15, -0.1) is 12.4 Å². The average Bonchev–Trinajstić information content (AvgIpc) is 3.02. The summed E-state index contributed by atoms with van der Waals surface area (Å²) in [5, 5.41) is 0. The Morgan fingerprint density at radius 2 is 1.92 bits per heavy atom. The second kappa shape index (κ2) is 9.95. The molecule has 0 unspecified atom stereocenters. The molecule has 0 aliphatic carbocycles. The van der Waals surface area contributed by atoms with Gasteiger partial charge in [-0.25, -0.2) is 4.98 Å². The summed E-state index contributed by atoms with van der Waals surface area (Å²) in [4.78, 5) is 9.30. The van der Waals surface area contributed by atoms with Gasteiger partial charge in [0.25, 0.3) is 0 Å². The molecule has 2 heterocycles. The van der Waals surface area contributed by atoms with Crippen LogP contribution in [0.3, 0.4) is 0 Å². The predicted octanol–water partition coefficient (Wildman–Crippen LogP) is 2.85. The van der Waals surface area contributed by atoms with Crippen molar-refractivity contribution in [2.75, 3.05) is 46.9 Å². The molecule has 0 atom stereocenters. The van der Waals surface area contributed by atoms with Crippen molar-refractivity contribution in [2.45, 2.75) is 26.3 Å². The standard InChI is InChI=1S/C20H30N4O.ClH/c1-17-21-8-10-24(17)16-19-15-18(6-7-20(19)25-3)5-4-9-23-13-11-22(2)12-14-23;/h6-8,10,15H,4-5,9,11-14,16H2,1-3H3;1H. The molecule has 1 aromatic carbocycles. The Balaban J connectivity index is 0.00000243. The Labute approximate surface area is 163 Å². The van der Waals surface area contributed by atoms with E-state index in [4.69, 9.17) is 4.74 Å². The zero-order valence-electron chi connectivity index (χ0n) is 16.1. The van der Waals surface area contributed by atoms with Crippen LogP contribution in [0.5, 0.6) is 5.75 Å².